The van der Waals surface area contributed by atoms with Crippen molar-refractivity contribution in [3.05, 3.63) is 62.7 Å². The molecule has 4 rings (SSSR count). The average Bonchev–Trinajstić information content (AvgIpc) is 3.13. The minimum atomic E-state index is 1.12. The van der Waals surface area contributed by atoms with E-state index in [2.05, 4.69) is 52.0 Å². The highest BCUT2D eigenvalue weighted by Gasteiger charge is 2.26. The van der Waals surface area contributed by atoms with Crippen LogP contribution in [0.15, 0.2) is 18.2 Å². The van der Waals surface area contributed by atoms with Crippen molar-refractivity contribution >= 4 is 6.08 Å². The number of allylic oxidation sites excluding steroid dienone is 1. The summed E-state index contributed by atoms with van der Waals surface area (Å²) in [5.74, 6) is 0. The maximum absolute atomic E-state index is 2.42. The zero-order valence-corrected chi connectivity index (χ0v) is 14.1. The zero-order chi connectivity index (χ0) is 15.4. The number of aryl methyl sites for hydroxylation is 3. The Morgan fingerprint density at radius 3 is 2.32 bits per heavy atom. The van der Waals surface area contributed by atoms with Crippen LogP contribution in [0.3, 0.4) is 0 Å². The molecule has 0 radical (unpaired) electrons. The minimum Gasteiger partial charge on any atom is -0.0795 e. The molecule has 2 aliphatic carbocycles. The van der Waals surface area contributed by atoms with E-state index < -0.39 is 0 Å². The fourth-order valence-corrected chi connectivity index (χ4v) is 4.41. The number of hydrogen-bond acceptors (Lipinski definition) is 0. The average molecular weight is 288 g/mol. The normalized spacial score (nSPS) is 15.3. The Balaban J connectivity index is 2.09. The van der Waals surface area contributed by atoms with E-state index in [1.54, 1.807) is 27.8 Å². The van der Waals surface area contributed by atoms with Crippen molar-refractivity contribution in [3.63, 3.8) is 0 Å². The van der Waals surface area contributed by atoms with Crippen LogP contribution in [0.2, 0.25) is 0 Å². The van der Waals surface area contributed by atoms with E-state index in [1.807, 2.05) is 0 Å². The topological polar surface area (TPSA) is 0 Å². The van der Waals surface area contributed by atoms with Gasteiger partial charge in [0.05, 0.1) is 0 Å². The van der Waals surface area contributed by atoms with Gasteiger partial charge < -0.3 is 0 Å². The third-order valence-electron chi connectivity index (χ3n) is 5.74. The molecule has 0 saturated carbocycles. The van der Waals surface area contributed by atoms with Gasteiger partial charge in [-0.15, -0.1) is 0 Å². The van der Waals surface area contributed by atoms with Crippen molar-refractivity contribution in [1.82, 2.24) is 0 Å². The van der Waals surface area contributed by atoms with E-state index in [0.29, 0.717) is 0 Å². The molecule has 0 unspecified atom stereocenters. The van der Waals surface area contributed by atoms with Crippen LogP contribution in [0.5, 0.6) is 0 Å². The Morgan fingerprint density at radius 2 is 1.50 bits per heavy atom. The summed E-state index contributed by atoms with van der Waals surface area (Å²) < 4.78 is 0. The first kappa shape index (κ1) is 13.8. The molecule has 0 atom stereocenters. The molecule has 0 bridgehead atoms. The minimum absolute atomic E-state index is 1.12. The van der Waals surface area contributed by atoms with Gasteiger partial charge in [0.25, 0.3) is 0 Å². The summed E-state index contributed by atoms with van der Waals surface area (Å²) in [4.78, 5) is 0. The molecule has 0 saturated heterocycles. The first-order chi connectivity index (χ1) is 10.6. The molecule has 0 amide bonds. The van der Waals surface area contributed by atoms with Crippen molar-refractivity contribution in [2.75, 3.05) is 0 Å². The van der Waals surface area contributed by atoms with E-state index in [0.717, 1.165) is 6.42 Å². The van der Waals surface area contributed by atoms with Crippen molar-refractivity contribution in [1.29, 1.82) is 0 Å². The summed E-state index contributed by atoms with van der Waals surface area (Å²) in [5, 5.41) is 0. The largest absolute Gasteiger partial charge is 0.0795 e. The van der Waals surface area contributed by atoms with Crippen LogP contribution >= 0.6 is 0 Å². The van der Waals surface area contributed by atoms with Crippen LogP contribution in [-0.2, 0) is 19.3 Å². The van der Waals surface area contributed by atoms with Crippen molar-refractivity contribution in [3.8, 4) is 11.1 Å². The highest BCUT2D eigenvalue weighted by Crippen LogP contribution is 2.43. The molecule has 0 aromatic heterocycles. The summed E-state index contributed by atoms with van der Waals surface area (Å²) in [6.45, 7) is 9.07. The lowest BCUT2D eigenvalue weighted by molar-refractivity contribution is 0.909. The number of hydrogen-bond donors (Lipinski definition) is 0. The maximum atomic E-state index is 2.42. The first-order valence-electron chi connectivity index (χ1n) is 8.50. The Morgan fingerprint density at radius 1 is 0.773 bits per heavy atom. The van der Waals surface area contributed by atoms with Gasteiger partial charge in [0.2, 0.25) is 0 Å². The highest BCUT2D eigenvalue weighted by molar-refractivity contribution is 5.86. The monoisotopic (exact) mass is 288 g/mol. The molecule has 0 heterocycles. The third kappa shape index (κ3) is 1.83. The van der Waals surface area contributed by atoms with Crippen LogP contribution in [0.25, 0.3) is 17.2 Å². The van der Waals surface area contributed by atoms with Crippen molar-refractivity contribution < 1.29 is 0 Å². The summed E-state index contributed by atoms with van der Waals surface area (Å²) in [7, 11) is 0. The number of rotatable bonds is 1. The standard InChI is InChI=1S/C22H24/c1-13-11-15(3)21(12-14(13)2)22-19-9-5-7-17(19)16(4)18-8-6-10-20(18)22/h5,9,11-12H,6-8,10H2,1-4H3. The molecule has 2 aromatic rings. The van der Waals surface area contributed by atoms with Gasteiger partial charge in [-0.05, 0) is 109 Å². The van der Waals surface area contributed by atoms with E-state index in [-0.39, 0.29) is 0 Å². The molecule has 22 heavy (non-hydrogen) atoms. The maximum Gasteiger partial charge on any atom is -0.00708 e. The SMILES string of the molecule is Cc1cc(C)c(-c2c3c(c(C)c4c2CCC4)CC=C3)cc1C. The molecule has 0 nitrogen and oxygen atoms in total. The lowest BCUT2D eigenvalue weighted by atomic mass is 9.84. The zero-order valence-electron chi connectivity index (χ0n) is 14.1. The summed E-state index contributed by atoms with van der Waals surface area (Å²) in [5.41, 5.74) is 15.2. The summed E-state index contributed by atoms with van der Waals surface area (Å²) in [6.07, 6.45) is 9.66. The molecule has 0 heteroatoms. The highest BCUT2D eigenvalue weighted by atomic mass is 14.3. The van der Waals surface area contributed by atoms with E-state index >= 15 is 0 Å². The van der Waals surface area contributed by atoms with Gasteiger partial charge in [-0.2, -0.15) is 0 Å². The second kappa shape index (κ2) is 4.84. The molecule has 0 spiro atoms. The smallest absolute Gasteiger partial charge is 0.00708 e. The van der Waals surface area contributed by atoms with Gasteiger partial charge in [0.1, 0.15) is 0 Å². The molecule has 2 aliphatic rings. The van der Waals surface area contributed by atoms with Crippen LogP contribution in [0, 0.1) is 27.7 Å². The Labute approximate surface area is 133 Å². The molecular formula is C22H24. The Hall–Kier alpha value is -1.82. The molecule has 0 N–H and O–H groups in total. The molecular weight excluding hydrogens is 264 g/mol. The predicted octanol–water partition coefficient (Wildman–Crippen LogP) is 5.65. The van der Waals surface area contributed by atoms with E-state index in [4.69, 9.17) is 0 Å². The molecule has 112 valence electrons. The summed E-state index contributed by atoms with van der Waals surface area (Å²) in [6, 6.07) is 4.78. The van der Waals surface area contributed by atoms with Gasteiger partial charge in [0, 0.05) is 0 Å². The first-order valence-corrected chi connectivity index (χ1v) is 8.50. The van der Waals surface area contributed by atoms with Gasteiger partial charge in [-0.3, -0.25) is 0 Å². The van der Waals surface area contributed by atoms with Crippen LogP contribution in [-0.4, -0.2) is 0 Å². The summed E-state index contributed by atoms with van der Waals surface area (Å²) >= 11 is 0. The van der Waals surface area contributed by atoms with Crippen molar-refractivity contribution in [2.45, 2.75) is 53.4 Å². The van der Waals surface area contributed by atoms with Crippen molar-refractivity contribution in [2.24, 2.45) is 0 Å². The predicted molar refractivity (Wildman–Crippen MR) is 95.6 cm³/mol. The molecule has 0 fully saturated rings. The van der Waals surface area contributed by atoms with Crippen LogP contribution < -0.4 is 0 Å². The van der Waals surface area contributed by atoms with E-state index in [1.165, 1.54) is 47.1 Å². The third-order valence-corrected chi connectivity index (χ3v) is 5.74. The lowest BCUT2D eigenvalue weighted by Crippen LogP contribution is -2.02. The van der Waals surface area contributed by atoms with E-state index in [9.17, 15) is 0 Å². The Bertz CT molecular complexity index is 815. The van der Waals surface area contributed by atoms with Crippen LogP contribution in [0.4, 0.5) is 0 Å². The molecule has 0 aliphatic heterocycles. The van der Waals surface area contributed by atoms with Crippen LogP contribution in [0.1, 0.15) is 50.9 Å². The van der Waals surface area contributed by atoms with Gasteiger partial charge in [-0.1, -0.05) is 24.3 Å². The van der Waals surface area contributed by atoms with Gasteiger partial charge in [-0.25, -0.2) is 0 Å². The second-order valence-corrected chi connectivity index (χ2v) is 7.06. The quantitative estimate of drug-likeness (QED) is 0.636. The fraction of sp³-hybridized carbons (Fsp3) is 0.364. The number of benzene rings is 2. The lowest BCUT2D eigenvalue weighted by Gasteiger charge is -2.20. The second-order valence-electron chi connectivity index (χ2n) is 7.06. The van der Waals surface area contributed by atoms with Gasteiger partial charge in [0.15, 0.2) is 0 Å². The molecule has 2 aromatic carbocycles. The fourth-order valence-electron chi connectivity index (χ4n) is 4.41. The Kier molecular flexibility index (Phi) is 3.04. The van der Waals surface area contributed by atoms with Gasteiger partial charge >= 0.3 is 0 Å². The number of fused-ring (bicyclic) bond motifs is 2.